The summed E-state index contributed by atoms with van der Waals surface area (Å²) in [4.78, 5) is 38.5. The van der Waals surface area contributed by atoms with Crippen molar-refractivity contribution in [1.29, 1.82) is 0 Å². The molecule has 2 amide bonds. The number of carbonyl (C=O) groups excluding carboxylic acids is 2. The van der Waals surface area contributed by atoms with Gasteiger partial charge < -0.3 is 14.8 Å². The van der Waals surface area contributed by atoms with Gasteiger partial charge in [0.05, 0.1) is 11.9 Å². The Kier molecular flexibility index (Phi) is 7.87. The molecule has 3 rings (SSSR count). The van der Waals surface area contributed by atoms with Crippen molar-refractivity contribution in [3.63, 3.8) is 0 Å². The number of alkyl halides is 5. The van der Waals surface area contributed by atoms with E-state index in [1.807, 2.05) is 0 Å². The molecule has 184 valence electrons. The van der Waals surface area contributed by atoms with Gasteiger partial charge in [-0.2, -0.15) is 0 Å². The number of halogens is 5. The molecule has 9 nitrogen and oxygen atoms in total. The third kappa shape index (κ3) is 5.89. The zero-order chi connectivity index (χ0) is 24.9. The van der Waals surface area contributed by atoms with Gasteiger partial charge in [-0.1, -0.05) is 11.6 Å². The number of nitrogens with one attached hydrogen (secondary N) is 1. The van der Waals surface area contributed by atoms with Crippen LogP contribution < -0.4 is 15.0 Å². The summed E-state index contributed by atoms with van der Waals surface area (Å²) in [5.74, 6) is -2.88. The standard InChI is InChI=1S/C20H20ClF4N5O4/c1-19(12-8-26-11-27-9-12,18(32)29-13-4-6-33-7-5-13)30(17(31)16(21)22)14-2-3-15(28-10-14)34-20(23,24)25/h2-3,8-11,13,16H,4-7H2,1H3,(H,29,32)/t16-,19-/m0/s1. The highest BCUT2D eigenvalue weighted by Gasteiger charge is 2.48. The molecule has 2 atom stereocenters. The van der Waals surface area contributed by atoms with Crippen LogP contribution in [0, 0.1) is 0 Å². The number of pyridine rings is 1. The van der Waals surface area contributed by atoms with E-state index in [1.165, 1.54) is 25.6 Å². The Hall–Kier alpha value is -3.06. The number of hydrogen-bond donors (Lipinski definition) is 1. The van der Waals surface area contributed by atoms with E-state index in [0.717, 1.165) is 18.3 Å². The minimum atomic E-state index is -5.00. The molecular weight excluding hydrogens is 486 g/mol. The van der Waals surface area contributed by atoms with Crippen molar-refractivity contribution >= 4 is 29.1 Å². The van der Waals surface area contributed by atoms with Crippen LogP contribution in [0.15, 0.2) is 37.1 Å². The summed E-state index contributed by atoms with van der Waals surface area (Å²) in [5.41, 5.74) is -4.65. The van der Waals surface area contributed by atoms with E-state index >= 15 is 0 Å². The molecule has 34 heavy (non-hydrogen) atoms. The zero-order valence-electron chi connectivity index (χ0n) is 17.8. The van der Waals surface area contributed by atoms with Crippen LogP contribution in [0.2, 0.25) is 0 Å². The third-order valence-electron chi connectivity index (χ3n) is 5.17. The summed E-state index contributed by atoms with van der Waals surface area (Å²) in [7, 11) is 0. The van der Waals surface area contributed by atoms with E-state index < -0.39 is 35.2 Å². The van der Waals surface area contributed by atoms with E-state index in [-0.39, 0.29) is 17.3 Å². The van der Waals surface area contributed by atoms with Crippen LogP contribution in [0.5, 0.6) is 5.88 Å². The number of amides is 2. The Morgan fingerprint density at radius 2 is 1.85 bits per heavy atom. The van der Waals surface area contributed by atoms with Gasteiger partial charge in [0.15, 0.2) is 5.54 Å². The van der Waals surface area contributed by atoms with E-state index in [2.05, 4.69) is 25.0 Å². The molecule has 0 aliphatic carbocycles. The van der Waals surface area contributed by atoms with Gasteiger partial charge in [-0.3, -0.25) is 14.5 Å². The van der Waals surface area contributed by atoms with Gasteiger partial charge in [0.1, 0.15) is 6.33 Å². The molecule has 0 radical (unpaired) electrons. The van der Waals surface area contributed by atoms with Gasteiger partial charge in [0, 0.05) is 43.3 Å². The van der Waals surface area contributed by atoms with E-state index in [9.17, 15) is 27.2 Å². The van der Waals surface area contributed by atoms with Crippen molar-refractivity contribution in [3.05, 3.63) is 42.6 Å². The van der Waals surface area contributed by atoms with Gasteiger partial charge in [0.2, 0.25) is 5.88 Å². The quantitative estimate of drug-likeness (QED) is 0.455. The first-order chi connectivity index (χ1) is 16.0. The number of rotatable bonds is 7. The van der Waals surface area contributed by atoms with Crippen LogP contribution in [0.3, 0.4) is 0 Å². The van der Waals surface area contributed by atoms with Gasteiger partial charge >= 0.3 is 6.36 Å². The molecule has 0 aromatic carbocycles. The van der Waals surface area contributed by atoms with Crippen LogP contribution >= 0.6 is 11.6 Å². The monoisotopic (exact) mass is 505 g/mol. The maximum Gasteiger partial charge on any atom is 0.574 e. The van der Waals surface area contributed by atoms with Crippen LogP contribution in [0.4, 0.5) is 23.2 Å². The number of anilines is 1. The number of nitrogens with zero attached hydrogens (tertiary/aromatic N) is 4. The Balaban J connectivity index is 2.07. The lowest BCUT2D eigenvalue weighted by Crippen LogP contribution is -2.60. The third-order valence-corrected chi connectivity index (χ3v) is 5.36. The number of ether oxygens (including phenoxy) is 2. The summed E-state index contributed by atoms with van der Waals surface area (Å²) < 4.78 is 60.6. The molecule has 0 spiro atoms. The van der Waals surface area contributed by atoms with Gasteiger partial charge in [-0.25, -0.2) is 19.3 Å². The molecule has 1 aliphatic rings. The molecule has 2 aromatic rings. The first-order valence-electron chi connectivity index (χ1n) is 10.0. The SMILES string of the molecule is C[C@@](C(=O)NC1CCOCC1)(c1cncnc1)N(C(=O)[C@H](F)Cl)c1ccc(OC(F)(F)F)nc1. The van der Waals surface area contributed by atoms with E-state index in [4.69, 9.17) is 16.3 Å². The van der Waals surface area contributed by atoms with Crippen molar-refractivity contribution in [2.45, 2.75) is 43.3 Å². The fourth-order valence-electron chi connectivity index (χ4n) is 3.47. The van der Waals surface area contributed by atoms with Crippen LogP contribution in [0.25, 0.3) is 0 Å². The van der Waals surface area contributed by atoms with Gasteiger partial charge in [-0.05, 0) is 25.8 Å². The highest BCUT2D eigenvalue weighted by molar-refractivity contribution is 6.32. The molecular formula is C20H20ClF4N5O4. The molecule has 14 heteroatoms. The van der Waals surface area contributed by atoms with Crippen LogP contribution in [-0.4, -0.2) is 58.0 Å². The second-order valence-corrected chi connectivity index (χ2v) is 7.82. The molecule has 2 aromatic heterocycles. The molecule has 1 fully saturated rings. The van der Waals surface area contributed by atoms with Gasteiger partial charge in [0.25, 0.3) is 17.4 Å². The highest BCUT2D eigenvalue weighted by atomic mass is 35.5. The Morgan fingerprint density at radius 1 is 1.21 bits per heavy atom. The maximum absolute atomic E-state index is 14.1. The van der Waals surface area contributed by atoms with Crippen LogP contribution in [-0.2, 0) is 19.9 Å². The molecule has 1 saturated heterocycles. The summed E-state index contributed by atoms with van der Waals surface area (Å²) in [5, 5.41) is 2.82. The van der Waals surface area contributed by atoms with Crippen molar-refractivity contribution in [3.8, 4) is 5.88 Å². The summed E-state index contributed by atoms with van der Waals surface area (Å²) in [6.07, 6.45) is 0.558. The fourth-order valence-corrected chi connectivity index (χ4v) is 3.56. The molecule has 1 aliphatic heterocycles. The van der Waals surface area contributed by atoms with Gasteiger partial charge in [-0.15, -0.1) is 13.2 Å². The molecule has 0 unspecified atom stereocenters. The number of carbonyl (C=O) groups is 2. The second-order valence-electron chi connectivity index (χ2n) is 7.44. The summed E-state index contributed by atoms with van der Waals surface area (Å²) in [6.45, 7) is 2.15. The minimum Gasteiger partial charge on any atom is -0.388 e. The summed E-state index contributed by atoms with van der Waals surface area (Å²) >= 11 is 5.45. The topological polar surface area (TPSA) is 107 Å². The fraction of sp³-hybridized carbons (Fsp3) is 0.450. The maximum atomic E-state index is 14.1. The minimum absolute atomic E-state index is 0.0980. The predicted molar refractivity (Wildman–Crippen MR) is 111 cm³/mol. The lowest BCUT2D eigenvalue weighted by Gasteiger charge is -2.41. The normalized spacial score (nSPS) is 17.4. The Labute approximate surface area is 196 Å². The first-order valence-corrected chi connectivity index (χ1v) is 10.4. The Bertz CT molecular complexity index is 991. The smallest absolute Gasteiger partial charge is 0.388 e. The van der Waals surface area contributed by atoms with E-state index in [1.54, 1.807) is 0 Å². The average molecular weight is 506 g/mol. The molecule has 1 N–H and O–H groups in total. The second kappa shape index (κ2) is 10.5. The molecule has 0 saturated carbocycles. The van der Waals surface area contributed by atoms with Crippen molar-refractivity contribution in [2.24, 2.45) is 0 Å². The average Bonchev–Trinajstić information content (AvgIpc) is 2.80. The predicted octanol–water partition coefficient (Wildman–Crippen LogP) is 2.85. The zero-order valence-corrected chi connectivity index (χ0v) is 18.5. The largest absolute Gasteiger partial charge is 0.574 e. The molecule has 0 bridgehead atoms. The van der Waals surface area contributed by atoms with Crippen molar-refractivity contribution < 1.29 is 36.6 Å². The van der Waals surface area contributed by atoms with Crippen molar-refractivity contribution in [1.82, 2.24) is 20.3 Å². The Morgan fingerprint density at radius 3 is 2.38 bits per heavy atom. The highest BCUT2D eigenvalue weighted by Crippen LogP contribution is 2.35. The molecule has 3 heterocycles. The number of aromatic nitrogens is 3. The van der Waals surface area contributed by atoms with Crippen LogP contribution in [0.1, 0.15) is 25.3 Å². The van der Waals surface area contributed by atoms with Crippen molar-refractivity contribution in [2.75, 3.05) is 18.1 Å². The first kappa shape index (κ1) is 25.6. The number of hydrogen-bond acceptors (Lipinski definition) is 7. The lowest BCUT2D eigenvalue weighted by molar-refractivity contribution is -0.276. The van der Waals surface area contributed by atoms with E-state index in [0.29, 0.717) is 31.0 Å². The lowest BCUT2D eigenvalue weighted by atomic mass is 9.89. The summed E-state index contributed by atoms with van der Waals surface area (Å²) in [6, 6.07) is 1.55.